The molecule has 1 aliphatic carbocycles. The van der Waals surface area contributed by atoms with E-state index in [4.69, 9.17) is 4.74 Å². The van der Waals surface area contributed by atoms with Gasteiger partial charge in [-0.05, 0) is 87.6 Å². The molecule has 2 aromatic carbocycles. The van der Waals surface area contributed by atoms with Crippen molar-refractivity contribution < 1.29 is 9.53 Å². The van der Waals surface area contributed by atoms with E-state index in [1.54, 1.807) is 0 Å². The number of benzene rings is 2. The van der Waals surface area contributed by atoms with Crippen LogP contribution in [0.25, 0.3) is 0 Å². The molecule has 0 radical (unpaired) electrons. The number of hydrogen-bond donors (Lipinski definition) is 0. The molecule has 4 heteroatoms. The van der Waals surface area contributed by atoms with Crippen LogP contribution in [0, 0.1) is 6.92 Å². The van der Waals surface area contributed by atoms with E-state index in [1.165, 1.54) is 40.7 Å². The first kappa shape index (κ1) is 26.0. The molecular formula is C33H44N2O2. The van der Waals surface area contributed by atoms with Crippen LogP contribution in [0.3, 0.4) is 0 Å². The molecule has 0 bridgehead atoms. The summed E-state index contributed by atoms with van der Waals surface area (Å²) in [5.41, 5.74) is 8.02. The molecule has 2 aromatic rings. The summed E-state index contributed by atoms with van der Waals surface area (Å²) in [5.74, 6) is 1.27. The Morgan fingerprint density at radius 3 is 2.54 bits per heavy atom. The molecule has 2 atom stereocenters. The summed E-state index contributed by atoms with van der Waals surface area (Å²) in [6.45, 7) is 13.6. The van der Waals surface area contributed by atoms with Gasteiger partial charge in [0.25, 0.3) is 0 Å². The van der Waals surface area contributed by atoms with Crippen LogP contribution in [-0.2, 0) is 17.8 Å². The third kappa shape index (κ3) is 5.10. The van der Waals surface area contributed by atoms with Crippen LogP contribution >= 0.6 is 0 Å². The second kappa shape index (κ2) is 10.6. The standard InChI is InChI=1S/C33H44N2O2/c1-6-23(3)28(7-2)32(36)35-20-16-30-26(12-10-13-29(30)25(35)5)22-34-19-15-27(21-33(34)17-18-33)37-31-14-9-8-11-24(31)4/h8-14,25,27H,6-7,15-22H2,1-5H3. The van der Waals surface area contributed by atoms with E-state index >= 15 is 0 Å². The molecule has 198 valence electrons. The number of piperidine rings is 1. The number of amides is 1. The van der Waals surface area contributed by atoms with Crippen molar-refractivity contribution in [2.24, 2.45) is 0 Å². The Labute approximate surface area is 223 Å². The first-order valence-electron chi connectivity index (χ1n) is 14.4. The lowest BCUT2D eigenvalue weighted by Crippen LogP contribution is -2.47. The second-order valence-electron chi connectivity index (χ2n) is 11.5. The molecule has 5 rings (SSSR count). The first-order chi connectivity index (χ1) is 17.9. The number of carbonyl (C=O) groups is 1. The van der Waals surface area contributed by atoms with Gasteiger partial charge in [0.15, 0.2) is 0 Å². The fourth-order valence-corrected chi connectivity index (χ4v) is 6.67. The summed E-state index contributed by atoms with van der Waals surface area (Å²) in [6, 6.07) is 15.3. The van der Waals surface area contributed by atoms with E-state index in [0.717, 1.165) is 63.1 Å². The molecule has 2 heterocycles. The van der Waals surface area contributed by atoms with Crippen LogP contribution in [-0.4, -0.2) is 40.4 Å². The average Bonchev–Trinajstić information content (AvgIpc) is 3.67. The molecule has 3 aliphatic rings. The zero-order chi connectivity index (χ0) is 26.2. The molecule has 4 nitrogen and oxygen atoms in total. The highest BCUT2D eigenvalue weighted by Crippen LogP contribution is 2.50. The van der Waals surface area contributed by atoms with E-state index in [1.807, 2.05) is 0 Å². The summed E-state index contributed by atoms with van der Waals surface area (Å²) in [5, 5.41) is 0. The first-order valence-corrected chi connectivity index (χ1v) is 14.4. The van der Waals surface area contributed by atoms with Crippen molar-refractivity contribution in [1.29, 1.82) is 0 Å². The molecule has 37 heavy (non-hydrogen) atoms. The molecule has 1 amide bonds. The normalized spacial score (nSPS) is 23.4. The molecule has 1 spiro atoms. The van der Waals surface area contributed by atoms with Crippen LogP contribution in [0.4, 0.5) is 0 Å². The Morgan fingerprint density at radius 2 is 1.84 bits per heavy atom. The number of rotatable bonds is 7. The summed E-state index contributed by atoms with van der Waals surface area (Å²) in [4.78, 5) is 18.3. The maximum atomic E-state index is 13.5. The van der Waals surface area contributed by atoms with Crippen LogP contribution < -0.4 is 4.74 Å². The number of para-hydroxylation sites is 1. The van der Waals surface area contributed by atoms with Crippen LogP contribution in [0.2, 0.25) is 0 Å². The largest absolute Gasteiger partial charge is 0.490 e. The lowest BCUT2D eigenvalue weighted by molar-refractivity contribution is -0.129. The smallest absolute Gasteiger partial charge is 0.250 e. The van der Waals surface area contributed by atoms with Gasteiger partial charge in [0.2, 0.25) is 5.91 Å². The maximum Gasteiger partial charge on any atom is 0.250 e. The predicted octanol–water partition coefficient (Wildman–Crippen LogP) is 7.15. The number of fused-ring (bicyclic) bond motifs is 1. The van der Waals surface area contributed by atoms with Gasteiger partial charge in [0.1, 0.15) is 11.9 Å². The van der Waals surface area contributed by atoms with Crippen molar-refractivity contribution in [1.82, 2.24) is 9.80 Å². The van der Waals surface area contributed by atoms with E-state index in [2.05, 4.69) is 86.9 Å². The van der Waals surface area contributed by atoms with Gasteiger partial charge in [-0.15, -0.1) is 0 Å². The monoisotopic (exact) mass is 500 g/mol. The summed E-state index contributed by atoms with van der Waals surface area (Å²) in [7, 11) is 0. The minimum absolute atomic E-state index is 0.116. The molecule has 1 saturated carbocycles. The fourth-order valence-electron chi connectivity index (χ4n) is 6.67. The summed E-state index contributed by atoms with van der Waals surface area (Å²) in [6.07, 6.45) is 7.74. The predicted molar refractivity (Wildman–Crippen MR) is 151 cm³/mol. The number of carbonyl (C=O) groups excluding carboxylic acids is 1. The topological polar surface area (TPSA) is 32.8 Å². The van der Waals surface area contributed by atoms with Gasteiger partial charge in [0.05, 0.1) is 6.04 Å². The van der Waals surface area contributed by atoms with Crippen LogP contribution in [0.5, 0.6) is 5.75 Å². The Kier molecular flexibility index (Phi) is 7.49. The van der Waals surface area contributed by atoms with Gasteiger partial charge < -0.3 is 9.64 Å². The molecule has 1 saturated heterocycles. The molecule has 2 aliphatic heterocycles. The Morgan fingerprint density at radius 1 is 1.05 bits per heavy atom. The van der Waals surface area contributed by atoms with Gasteiger partial charge in [0, 0.05) is 37.2 Å². The van der Waals surface area contributed by atoms with Crippen molar-refractivity contribution in [3.8, 4) is 5.75 Å². The van der Waals surface area contributed by atoms with E-state index in [9.17, 15) is 4.79 Å². The third-order valence-corrected chi connectivity index (χ3v) is 9.32. The number of likely N-dealkylation sites (tertiary alicyclic amines) is 1. The van der Waals surface area contributed by atoms with E-state index < -0.39 is 0 Å². The van der Waals surface area contributed by atoms with Crippen molar-refractivity contribution in [2.45, 2.75) is 104 Å². The molecule has 0 N–H and O–H groups in total. The molecule has 2 fully saturated rings. The van der Waals surface area contributed by atoms with Crippen molar-refractivity contribution >= 4 is 5.91 Å². The molecule has 0 aromatic heterocycles. The number of ether oxygens (including phenoxy) is 1. The van der Waals surface area contributed by atoms with Gasteiger partial charge in [-0.3, -0.25) is 9.69 Å². The zero-order valence-corrected chi connectivity index (χ0v) is 23.5. The number of allylic oxidation sites excluding steroid dienone is 1. The van der Waals surface area contributed by atoms with Gasteiger partial charge in [-0.1, -0.05) is 55.8 Å². The number of hydrogen-bond acceptors (Lipinski definition) is 3. The minimum Gasteiger partial charge on any atom is -0.490 e. The highest BCUT2D eigenvalue weighted by atomic mass is 16.5. The second-order valence-corrected chi connectivity index (χ2v) is 11.5. The van der Waals surface area contributed by atoms with Crippen molar-refractivity contribution in [3.05, 3.63) is 75.9 Å². The van der Waals surface area contributed by atoms with E-state index in [-0.39, 0.29) is 11.9 Å². The van der Waals surface area contributed by atoms with Gasteiger partial charge in [-0.25, -0.2) is 0 Å². The van der Waals surface area contributed by atoms with Crippen LogP contribution in [0.1, 0.15) is 94.5 Å². The highest BCUT2D eigenvalue weighted by molar-refractivity contribution is 5.94. The molecular weight excluding hydrogens is 456 g/mol. The lowest BCUT2D eigenvalue weighted by atomic mass is 9.87. The zero-order valence-electron chi connectivity index (χ0n) is 23.5. The SMILES string of the molecule is CCC(C)=C(CC)C(=O)N1CCc2c(CN3CCC(Oc4ccccc4C)CC34CC4)cccc2C1C. The molecule has 2 unspecified atom stereocenters. The Balaban J connectivity index is 1.30. The van der Waals surface area contributed by atoms with Gasteiger partial charge >= 0.3 is 0 Å². The number of nitrogens with zero attached hydrogens (tertiary/aromatic N) is 2. The summed E-state index contributed by atoms with van der Waals surface area (Å²) < 4.78 is 6.48. The Bertz CT molecular complexity index is 1180. The maximum absolute atomic E-state index is 13.5. The van der Waals surface area contributed by atoms with Gasteiger partial charge in [-0.2, -0.15) is 0 Å². The average molecular weight is 501 g/mol. The van der Waals surface area contributed by atoms with Crippen molar-refractivity contribution in [2.75, 3.05) is 13.1 Å². The third-order valence-electron chi connectivity index (χ3n) is 9.32. The lowest BCUT2D eigenvalue weighted by Gasteiger charge is -2.41. The fraction of sp³-hybridized carbons (Fsp3) is 0.545. The summed E-state index contributed by atoms with van der Waals surface area (Å²) >= 11 is 0. The minimum atomic E-state index is 0.116. The van der Waals surface area contributed by atoms with E-state index in [0.29, 0.717) is 11.6 Å². The van der Waals surface area contributed by atoms with Crippen molar-refractivity contribution in [3.63, 3.8) is 0 Å². The highest BCUT2D eigenvalue weighted by Gasteiger charge is 2.52. The number of aryl methyl sites for hydroxylation is 1. The van der Waals surface area contributed by atoms with Crippen LogP contribution in [0.15, 0.2) is 53.6 Å². The quantitative estimate of drug-likeness (QED) is 0.378. The Hall–Kier alpha value is -2.59.